The summed E-state index contributed by atoms with van der Waals surface area (Å²) in [5, 5.41) is 193. The number of fused-ring (bicyclic) bond motifs is 3. The molecule has 20 heteroatoms. The number of hydrogen-bond acceptors (Lipinski definition) is 20. The van der Waals surface area contributed by atoms with Gasteiger partial charge in [-0.2, -0.15) is 0 Å². The maximum Gasteiger partial charge on any atom is 0.157 e. The van der Waals surface area contributed by atoms with Gasteiger partial charge in [0.15, 0.2) is 46.7 Å². The van der Waals surface area contributed by atoms with Crippen molar-refractivity contribution in [3.63, 3.8) is 0 Å². The maximum atomic E-state index is 12.9. The molecule has 0 amide bonds. The van der Waals surface area contributed by atoms with Crippen molar-refractivity contribution < 1.29 is 101 Å². The summed E-state index contributed by atoms with van der Waals surface area (Å²) in [6, 6.07) is 23.2. The van der Waals surface area contributed by atoms with Crippen LogP contribution in [-0.2, 0) is 0 Å². The molecule has 8 aromatic carbocycles. The Morgan fingerprint density at radius 1 is 0.329 bits per heavy atom. The van der Waals surface area contributed by atoms with Gasteiger partial charge in [-0.25, -0.2) is 0 Å². The summed E-state index contributed by atoms with van der Waals surface area (Å²) in [7, 11) is 0. The Labute approximate surface area is 446 Å². The molecule has 0 saturated heterocycles. The van der Waals surface area contributed by atoms with Gasteiger partial charge >= 0.3 is 0 Å². The van der Waals surface area contributed by atoms with E-state index in [0.717, 1.165) is 42.5 Å². The molecule has 3 aliphatic rings. The molecule has 8 atom stereocenters. The predicted molar refractivity (Wildman–Crippen MR) is 278 cm³/mol. The molecule has 0 bridgehead atoms. The van der Waals surface area contributed by atoms with E-state index in [1.807, 2.05) is 0 Å². The van der Waals surface area contributed by atoms with Crippen LogP contribution in [0.1, 0.15) is 104 Å². The van der Waals surface area contributed by atoms with E-state index in [1.165, 1.54) is 66.7 Å². The van der Waals surface area contributed by atoms with E-state index in [2.05, 4.69) is 0 Å². The number of phenols is 15. The van der Waals surface area contributed by atoms with E-state index < -0.39 is 151 Å². The van der Waals surface area contributed by atoms with Crippen LogP contribution in [0.15, 0.2) is 115 Å². The Morgan fingerprint density at radius 2 is 0.747 bits per heavy atom. The number of benzene rings is 8. The molecule has 17 N–H and O–H groups in total. The molecule has 0 aliphatic carbocycles. The zero-order valence-corrected chi connectivity index (χ0v) is 40.8. The maximum absolute atomic E-state index is 12.9. The van der Waals surface area contributed by atoms with Gasteiger partial charge in [0, 0.05) is 70.0 Å². The second kappa shape index (κ2) is 19.1. The minimum Gasteiger partial charge on any atom is -0.508 e. The number of rotatable bonds is 8. The molecule has 0 saturated carbocycles. The van der Waals surface area contributed by atoms with E-state index in [1.54, 1.807) is 18.2 Å². The van der Waals surface area contributed by atoms with Gasteiger partial charge in [0.25, 0.3) is 0 Å². The first kappa shape index (κ1) is 51.0. The smallest absolute Gasteiger partial charge is 0.157 e. The summed E-state index contributed by atoms with van der Waals surface area (Å²) in [6.45, 7) is 0. The van der Waals surface area contributed by atoms with Crippen molar-refractivity contribution in [2.24, 2.45) is 0 Å². The Balaban J connectivity index is 1.16. The molecule has 0 fully saturated rings. The normalized spacial score (nSPS) is 21.2. The third kappa shape index (κ3) is 8.70. The van der Waals surface area contributed by atoms with Crippen molar-refractivity contribution in [1.29, 1.82) is 0 Å². The van der Waals surface area contributed by atoms with Gasteiger partial charge in [-0.05, 0) is 88.5 Å². The quantitative estimate of drug-likeness (QED) is 0.0502. The number of hydrogen-bond donors (Lipinski definition) is 17. The summed E-state index contributed by atoms with van der Waals surface area (Å²) in [5.41, 5.74) is -0.796. The molecular formula is C59H48O20. The van der Waals surface area contributed by atoms with E-state index in [4.69, 9.17) is 14.2 Å². The Kier molecular flexibility index (Phi) is 12.3. The van der Waals surface area contributed by atoms with Gasteiger partial charge in [-0.1, -0.05) is 42.5 Å². The van der Waals surface area contributed by atoms with Crippen LogP contribution in [0, 0.1) is 0 Å². The highest BCUT2D eigenvalue weighted by atomic mass is 16.5. The first-order valence-corrected chi connectivity index (χ1v) is 24.3. The van der Waals surface area contributed by atoms with Crippen LogP contribution in [0.3, 0.4) is 0 Å². The molecule has 3 aliphatic heterocycles. The summed E-state index contributed by atoms with van der Waals surface area (Å²) in [6.07, 6.45) is -5.49. The Hall–Kier alpha value is -10.2. The van der Waals surface area contributed by atoms with Gasteiger partial charge in [-0.15, -0.1) is 0 Å². The number of aromatic hydroxyl groups is 15. The third-order valence-electron chi connectivity index (χ3n) is 14.7. The van der Waals surface area contributed by atoms with Crippen molar-refractivity contribution >= 4 is 12.2 Å². The second-order valence-corrected chi connectivity index (χ2v) is 19.6. The predicted octanol–water partition coefficient (Wildman–Crippen LogP) is 8.35. The van der Waals surface area contributed by atoms with Gasteiger partial charge in [0.2, 0.25) is 0 Å². The van der Waals surface area contributed by atoms with Crippen molar-refractivity contribution in [2.75, 3.05) is 0 Å². The van der Waals surface area contributed by atoms with Gasteiger partial charge in [0.1, 0.15) is 87.3 Å². The van der Waals surface area contributed by atoms with Crippen molar-refractivity contribution in [3.05, 3.63) is 176 Å². The highest BCUT2D eigenvalue weighted by Gasteiger charge is 2.51. The summed E-state index contributed by atoms with van der Waals surface area (Å²) >= 11 is 0. The molecule has 0 aromatic heterocycles. The minimum absolute atomic E-state index is 0.0235. The monoisotopic (exact) mass is 1080 g/mol. The zero-order valence-electron chi connectivity index (χ0n) is 40.8. The number of ether oxygens (including phenoxy) is 3. The fourth-order valence-corrected chi connectivity index (χ4v) is 11.1. The van der Waals surface area contributed by atoms with Crippen molar-refractivity contribution in [2.45, 2.75) is 54.7 Å². The average molecular weight is 1080 g/mol. The zero-order chi connectivity index (χ0) is 56.0. The lowest BCUT2D eigenvalue weighted by molar-refractivity contribution is -0.00407. The number of phenolic OH excluding ortho intramolecular Hbond substituents is 15. The van der Waals surface area contributed by atoms with Crippen LogP contribution in [0.2, 0.25) is 0 Å². The van der Waals surface area contributed by atoms with Crippen LogP contribution in [0.25, 0.3) is 12.2 Å². The minimum atomic E-state index is -2.02. The highest BCUT2D eigenvalue weighted by molar-refractivity contribution is 5.75. The molecule has 8 aromatic rings. The SMILES string of the molecule is Oc1ccc(/C=C/c2cc(O)c([C@H]3c4c(O)cc(O)c([C@H]5c6c(O)cc(O)c([C@@H]7C[C@@H](c8ccc(O)c(O)c8)Oc8cc(O)cc(O)c87)c6O[C@H](c6ccc(O)c(O)c6)[C@@H]5O)c4O[C@H](c4ccc(O)c(O)c4)[C@@H]3O)c(O)c2)cc1. The van der Waals surface area contributed by atoms with Gasteiger partial charge < -0.3 is 101 Å². The number of aliphatic hydroxyl groups is 2. The molecule has 79 heavy (non-hydrogen) atoms. The molecule has 20 nitrogen and oxygen atoms in total. The molecule has 404 valence electrons. The molecular weight excluding hydrogens is 1030 g/mol. The molecule has 11 rings (SSSR count). The van der Waals surface area contributed by atoms with Crippen molar-refractivity contribution in [1.82, 2.24) is 0 Å². The standard InChI is InChI=1S/C59H48O20/c60-28-8-3-23(4-9-28)1-2-24-13-37(68)48(38(69)14-24)52-49-42(73)22-43(74)51(59(49)79-56(54(52)75)26-6-11-32(63)35(66)16-26)53-50-41(72)21-40(71)47(58(50)78-57(55(53)76)27-7-12-33(64)36(67)17-27)30-20-44(25-5-10-31(62)34(65)15-25)77-45-19-29(61)18-39(70)46(30)45/h1-19,21-22,30,44,52-57,60-76H,20H2/b2-1+/t30-,44+,52+,53-,54-,55-,56-,57-/m1/s1. The van der Waals surface area contributed by atoms with Crippen LogP contribution in [0.4, 0.5) is 0 Å². The van der Waals surface area contributed by atoms with Crippen LogP contribution in [0.5, 0.6) is 103 Å². The first-order chi connectivity index (χ1) is 37.7. The van der Waals surface area contributed by atoms with Gasteiger partial charge in [-0.3, -0.25) is 0 Å². The largest absolute Gasteiger partial charge is 0.508 e. The highest BCUT2D eigenvalue weighted by Crippen LogP contribution is 2.64. The molecule has 3 heterocycles. The summed E-state index contributed by atoms with van der Waals surface area (Å²) in [5.74, 6) is -14.7. The number of aliphatic hydroxyl groups excluding tert-OH is 2. The van der Waals surface area contributed by atoms with E-state index in [-0.39, 0.29) is 62.4 Å². The lowest BCUT2D eigenvalue weighted by Crippen LogP contribution is -2.38. The fraction of sp³-hybridized carbons (Fsp3) is 0.153. The lowest BCUT2D eigenvalue weighted by atomic mass is 9.72. The Bertz CT molecular complexity index is 3780. The van der Waals surface area contributed by atoms with E-state index in [0.29, 0.717) is 5.56 Å². The molecule has 0 unspecified atom stereocenters. The summed E-state index contributed by atoms with van der Waals surface area (Å²) in [4.78, 5) is 0. The van der Waals surface area contributed by atoms with E-state index in [9.17, 15) is 86.8 Å². The van der Waals surface area contributed by atoms with E-state index >= 15 is 0 Å². The first-order valence-electron chi connectivity index (χ1n) is 24.3. The fourth-order valence-electron chi connectivity index (χ4n) is 11.1. The second-order valence-electron chi connectivity index (χ2n) is 19.6. The summed E-state index contributed by atoms with van der Waals surface area (Å²) < 4.78 is 19.5. The van der Waals surface area contributed by atoms with Gasteiger partial charge in [0.05, 0.1) is 11.8 Å². The lowest BCUT2D eigenvalue weighted by Gasteiger charge is -2.43. The van der Waals surface area contributed by atoms with Crippen molar-refractivity contribution in [3.8, 4) is 103 Å². The topological polar surface area (TPSA) is 372 Å². The van der Waals surface area contributed by atoms with Crippen LogP contribution in [-0.4, -0.2) is 99.0 Å². The average Bonchev–Trinajstić information content (AvgIpc) is 3.34. The van der Waals surface area contributed by atoms with Crippen LogP contribution >= 0.6 is 0 Å². The molecule has 0 radical (unpaired) electrons. The Morgan fingerprint density at radius 3 is 1.25 bits per heavy atom. The molecule has 0 spiro atoms. The van der Waals surface area contributed by atoms with Crippen LogP contribution < -0.4 is 14.2 Å². The third-order valence-corrected chi connectivity index (χ3v) is 14.7.